The number of rotatable bonds is 4. The summed E-state index contributed by atoms with van der Waals surface area (Å²) in [6.07, 6.45) is 3.18. The van der Waals surface area contributed by atoms with Gasteiger partial charge in [-0.05, 0) is 102 Å². The molecule has 0 amide bonds. The van der Waals surface area contributed by atoms with Crippen molar-refractivity contribution in [3.05, 3.63) is 215 Å². The first-order valence-corrected chi connectivity index (χ1v) is 17.8. The van der Waals surface area contributed by atoms with Crippen molar-refractivity contribution in [1.29, 1.82) is 0 Å². The monoisotopic (exact) mass is 648 g/mol. The Hall–Kier alpha value is -6.44. The molecule has 0 N–H and O–H groups in total. The first-order valence-electron chi connectivity index (χ1n) is 17.8. The molecule has 1 heterocycles. The lowest BCUT2D eigenvalue weighted by Crippen LogP contribution is -2.25. The Morgan fingerprint density at radius 1 is 0.490 bits per heavy atom. The van der Waals surface area contributed by atoms with Gasteiger partial charge in [-0.25, -0.2) is 0 Å². The molecule has 0 saturated carbocycles. The van der Waals surface area contributed by atoms with Crippen molar-refractivity contribution in [2.24, 2.45) is 0 Å². The second kappa shape index (κ2) is 10.8. The molecular formula is C50H32O. The normalized spacial score (nSPS) is 13.8. The highest BCUT2D eigenvalue weighted by molar-refractivity contribution is 6.04. The Morgan fingerprint density at radius 3 is 1.88 bits per heavy atom. The van der Waals surface area contributed by atoms with Crippen molar-refractivity contribution in [2.45, 2.75) is 11.8 Å². The number of hydrogen-bond donors (Lipinski definition) is 0. The standard InChI is InChI=1S/C50H32O/c1-3-13-36-27-32(21-23-34(36)11-1)28-39(38-25-24-35-12-2-4-14-37(35)31-38)29-33-22-26-42-46(30-33)50(49-48(42)43-17-7-10-20-47(43)51-49)44-18-8-5-15-40(44)41-16-6-9-19-45(41)50/h1-28,30-31H,29H2/b39-28-. The van der Waals surface area contributed by atoms with E-state index >= 15 is 0 Å². The molecule has 0 radical (unpaired) electrons. The number of benzene rings is 8. The third-order valence-corrected chi connectivity index (χ3v) is 11.3. The van der Waals surface area contributed by atoms with Crippen LogP contribution < -0.4 is 0 Å². The highest BCUT2D eigenvalue weighted by Crippen LogP contribution is 2.64. The molecule has 0 saturated heterocycles. The van der Waals surface area contributed by atoms with Crippen LogP contribution in [0.5, 0.6) is 0 Å². The van der Waals surface area contributed by atoms with Gasteiger partial charge in [0.05, 0.1) is 0 Å². The third kappa shape index (κ3) is 4.09. The van der Waals surface area contributed by atoms with Crippen molar-refractivity contribution in [3.8, 4) is 22.3 Å². The van der Waals surface area contributed by atoms with Gasteiger partial charge in [0, 0.05) is 10.9 Å². The maximum Gasteiger partial charge on any atom is 0.135 e. The Morgan fingerprint density at radius 2 is 1.12 bits per heavy atom. The van der Waals surface area contributed by atoms with Gasteiger partial charge in [0.15, 0.2) is 0 Å². The highest BCUT2D eigenvalue weighted by atomic mass is 16.3. The van der Waals surface area contributed by atoms with Gasteiger partial charge in [-0.3, -0.25) is 0 Å². The minimum Gasteiger partial charge on any atom is -0.459 e. The van der Waals surface area contributed by atoms with Gasteiger partial charge in [-0.2, -0.15) is 0 Å². The molecule has 9 aromatic rings. The van der Waals surface area contributed by atoms with E-state index in [1.54, 1.807) is 0 Å². The van der Waals surface area contributed by atoms with Crippen LogP contribution in [0.15, 0.2) is 180 Å². The molecule has 2 aliphatic carbocycles. The molecule has 1 spiro atoms. The van der Waals surface area contributed by atoms with Crippen molar-refractivity contribution >= 4 is 44.2 Å². The predicted molar refractivity (Wildman–Crippen MR) is 212 cm³/mol. The Kier molecular flexibility index (Phi) is 6.00. The molecule has 1 aromatic heterocycles. The topological polar surface area (TPSA) is 13.1 Å². The summed E-state index contributed by atoms with van der Waals surface area (Å²) in [5, 5.41) is 6.19. The van der Waals surface area contributed by atoms with E-state index in [0.29, 0.717) is 0 Å². The molecule has 2 aliphatic rings. The van der Waals surface area contributed by atoms with Gasteiger partial charge >= 0.3 is 0 Å². The molecule has 0 bridgehead atoms. The highest BCUT2D eigenvalue weighted by Gasteiger charge is 2.54. The van der Waals surface area contributed by atoms with Crippen LogP contribution >= 0.6 is 0 Å². The van der Waals surface area contributed by atoms with Crippen molar-refractivity contribution < 1.29 is 4.42 Å². The lowest BCUT2D eigenvalue weighted by Gasteiger charge is -2.28. The fourth-order valence-electron chi connectivity index (χ4n) is 9.04. The molecule has 1 nitrogen and oxygen atoms in total. The van der Waals surface area contributed by atoms with Crippen LogP contribution in [-0.4, -0.2) is 0 Å². The first kappa shape index (κ1) is 28.4. The van der Waals surface area contributed by atoms with Gasteiger partial charge in [-0.15, -0.1) is 0 Å². The molecule has 0 atom stereocenters. The first-order chi connectivity index (χ1) is 25.3. The smallest absolute Gasteiger partial charge is 0.135 e. The Balaban J connectivity index is 1.13. The average Bonchev–Trinajstić information content (AvgIpc) is 3.81. The molecule has 11 rings (SSSR count). The minimum atomic E-state index is -0.530. The maximum absolute atomic E-state index is 6.98. The molecule has 1 heteroatoms. The average molecular weight is 649 g/mol. The number of para-hydroxylation sites is 1. The lowest BCUT2D eigenvalue weighted by atomic mass is 9.72. The number of furan rings is 1. The molecule has 0 aliphatic heterocycles. The van der Waals surface area contributed by atoms with Crippen LogP contribution in [-0.2, 0) is 11.8 Å². The van der Waals surface area contributed by atoms with E-state index in [9.17, 15) is 0 Å². The van der Waals surface area contributed by atoms with E-state index < -0.39 is 5.41 Å². The Bertz CT molecular complexity index is 2850. The van der Waals surface area contributed by atoms with E-state index in [0.717, 1.165) is 17.8 Å². The molecule has 8 aromatic carbocycles. The van der Waals surface area contributed by atoms with E-state index in [4.69, 9.17) is 4.42 Å². The van der Waals surface area contributed by atoms with Gasteiger partial charge < -0.3 is 4.42 Å². The summed E-state index contributed by atoms with van der Waals surface area (Å²) < 4.78 is 6.98. The number of allylic oxidation sites excluding steroid dienone is 1. The second-order valence-electron chi connectivity index (χ2n) is 14.0. The van der Waals surface area contributed by atoms with Crippen LogP contribution in [0.1, 0.15) is 39.1 Å². The predicted octanol–water partition coefficient (Wildman–Crippen LogP) is 12.9. The van der Waals surface area contributed by atoms with Crippen molar-refractivity contribution in [1.82, 2.24) is 0 Å². The lowest BCUT2D eigenvalue weighted by molar-refractivity contribution is 0.506. The maximum atomic E-state index is 6.98. The SMILES string of the molecule is C(=C(\Cc1ccc2c(c1)C1(c3ccccc3-c3ccccc31)c1oc3ccccc3c1-2)c1ccc2ccccc2c1)/c1ccc2ccccc2c1. The summed E-state index contributed by atoms with van der Waals surface area (Å²) >= 11 is 0. The third-order valence-electron chi connectivity index (χ3n) is 11.3. The summed E-state index contributed by atoms with van der Waals surface area (Å²) in [6.45, 7) is 0. The van der Waals surface area contributed by atoms with E-state index in [1.165, 1.54) is 88.1 Å². The number of fused-ring (bicyclic) bond motifs is 14. The quantitative estimate of drug-likeness (QED) is 0.173. The number of hydrogen-bond acceptors (Lipinski definition) is 1. The summed E-state index contributed by atoms with van der Waals surface area (Å²) in [5.74, 6) is 1.04. The van der Waals surface area contributed by atoms with Crippen molar-refractivity contribution in [2.75, 3.05) is 0 Å². The summed E-state index contributed by atoms with van der Waals surface area (Å²) in [6, 6.07) is 64.5. The van der Waals surface area contributed by atoms with Crippen LogP contribution in [0.4, 0.5) is 0 Å². The van der Waals surface area contributed by atoms with Crippen LogP contribution in [0.2, 0.25) is 0 Å². The second-order valence-corrected chi connectivity index (χ2v) is 14.0. The van der Waals surface area contributed by atoms with Crippen LogP contribution in [0, 0.1) is 0 Å². The van der Waals surface area contributed by atoms with Crippen molar-refractivity contribution in [3.63, 3.8) is 0 Å². The van der Waals surface area contributed by atoms with Crippen LogP contribution in [0.3, 0.4) is 0 Å². The van der Waals surface area contributed by atoms with Gasteiger partial charge in [0.25, 0.3) is 0 Å². The fraction of sp³-hybridized carbons (Fsp3) is 0.0400. The Labute approximate surface area is 296 Å². The molecule has 238 valence electrons. The zero-order valence-electron chi connectivity index (χ0n) is 27.9. The zero-order chi connectivity index (χ0) is 33.5. The molecule has 51 heavy (non-hydrogen) atoms. The van der Waals surface area contributed by atoms with E-state index in [-0.39, 0.29) is 0 Å². The summed E-state index contributed by atoms with van der Waals surface area (Å²) in [7, 11) is 0. The molecular weight excluding hydrogens is 617 g/mol. The molecule has 0 unspecified atom stereocenters. The van der Waals surface area contributed by atoms with Crippen LogP contribution in [0.25, 0.3) is 66.4 Å². The largest absolute Gasteiger partial charge is 0.459 e. The van der Waals surface area contributed by atoms with E-state index in [2.05, 4.69) is 182 Å². The fourth-order valence-corrected chi connectivity index (χ4v) is 9.04. The summed E-state index contributed by atoms with van der Waals surface area (Å²) in [5.41, 5.74) is 14.4. The van der Waals surface area contributed by atoms with Gasteiger partial charge in [-0.1, -0.05) is 164 Å². The molecule has 0 fully saturated rings. The summed E-state index contributed by atoms with van der Waals surface area (Å²) in [4.78, 5) is 0. The van der Waals surface area contributed by atoms with Gasteiger partial charge in [0.1, 0.15) is 16.8 Å². The van der Waals surface area contributed by atoms with Gasteiger partial charge in [0.2, 0.25) is 0 Å². The van der Waals surface area contributed by atoms with E-state index in [1.807, 2.05) is 0 Å². The zero-order valence-corrected chi connectivity index (χ0v) is 27.9. The minimum absolute atomic E-state index is 0.530.